The fraction of sp³-hybridized carbons (Fsp3) is 0.267. The Morgan fingerprint density at radius 1 is 1.23 bits per heavy atom. The quantitative estimate of drug-likeness (QED) is 0.608. The highest BCUT2D eigenvalue weighted by molar-refractivity contribution is 5.97. The average molecular weight is 301 g/mol. The van der Waals surface area contributed by atoms with Crippen LogP contribution in [-0.4, -0.2) is 35.6 Å². The van der Waals surface area contributed by atoms with E-state index in [-0.39, 0.29) is 11.8 Å². The summed E-state index contributed by atoms with van der Waals surface area (Å²) in [5.74, 6) is -0.0355. The van der Waals surface area contributed by atoms with E-state index in [1.807, 2.05) is 18.2 Å². The summed E-state index contributed by atoms with van der Waals surface area (Å²) < 4.78 is 0. The monoisotopic (exact) mass is 301 g/mol. The van der Waals surface area contributed by atoms with Gasteiger partial charge < -0.3 is 16.0 Å². The standard InChI is InChI=1S/C15H19N5O2/c1-16-9-8-13(21)19-14(11-5-3-2-4-6-11)15(22)18-12-7-10-17-20-12/h2-7,10,14,16H,8-9H2,1H3,(H,19,21)(H2,17,18,20,22). The van der Waals surface area contributed by atoms with E-state index in [4.69, 9.17) is 0 Å². The second kappa shape index (κ2) is 7.94. The molecule has 116 valence electrons. The highest BCUT2D eigenvalue weighted by Gasteiger charge is 2.22. The molecule has 0 radical (unpaired) electrons. The Morgan fingerprint density at radius 2 is 2.00 bits per heavy atom. The second-order valence-electron chi connectivity index (χ2n) is 4.72. The van der Waals surface area contributed by atoms with Gasteiger partial charge >= 0.3 is 0 Å². The van der Waals surface area contributed by atoms with Gasteiger partial charge in [0.1, 0.15) is 11.9 Å². The van der Waals surface area contributed by atoms with E-state index in [0.29, 0.717) is 18.8 Å². The Kier molecular flexibility index (Phi) is 5.67. The first-order chi connectivity index (χ1) is 10.7. The number of aromatic amines is 1. The molecule has 1 unspecified atom stereocenters. The summed E-state index contributed by atoms with van der Waals surface area (Å²) in [5.41, 5.74) is 0.720. The summed E-state index contributed by atoms with van der Waals surface area (Å²) in [7, 11) is 1.77. The van der Waals surface area contributed by atoms with Gasteiger partial charge in [0.15, 0.2) is 0 Å². The van der Waals surface area contributed by atoms with Crippen molar-refractivity contribution < 1.29 is 9.59 Å². The van der Waals surface area contributed by atoms with Gasteiger partial charge in [0, 0.05) is 19.0 Å². The van der Waals surface area contributed by atoms with Crippen molar-refractivity contribution in [3.8, 4) is 0 Å². The van der Waals surface area contributed by atoms with Crippen LogP contribution in [0.1, 0.15) is 18.0 Å². The number of carbonyl (C=O) groups excluding carboxylic acids is 2. The van der Waals surface area contributed by atoms with Gasteiger partial charge in [-0.05, 0) is 12.6 Å². The van der Waals surface area contributed by atoms with E-state index in [1.54, 1.807) is 31.4 Å². The van der Waals surface area contributed by atoms with Crippen molar-refractivity contribution in [2.75, 3.05) is 18.9 Å². The molecule has 0 fully saturated rings. The Morgan fingerprint density at radius 3 is 2.64 bits per heavy atom. The lowest BCUT2D eigenvalue weighted by molar-refractivity contribution is -0.126. The lowest BCUT2D eigenvalue weighted by Gasteiger charge is -2.18. The molecule has 0 bridgehead atoms. The van der Waals surface area contributed by atoms with Crippen molar-refractivity contribution in [1.29, 1.82) is 0 Å². The van der Waals surface area contributed by atoms with Crippen molar-refractivity contribution in [3.05, 3.63) is 48.2 Å². The molecular weight excluding hydrogens is 282 g/mol. The molecule has 2 rings (SSSR count). The maximum atomic E-state index is 12.4. The van der Waals surface area contributed by atoms with Gasteiger partial charge in [0.2, 0.25) is 5.91 Å². The second-order valence-corrected chi connectivity index (χ2v) is 4.72. The Balaban J connectivity index is 2.10. The normalized spacial score (nSPS) is 11.7. The molecule has 2 aromatic rings. The SMILES string of the molecule is CNCCC(=O)NC(C(=O)Nc1ccn[nH]1)c1ccccc1. The first kappa shape index (κ1) is 15.7. The first-order valence-electron chi connectivity index (χ1n) is 7.00. The van der Waals surface area contributed by atoms with Gasteiger partial charge in [-0.3, -0.25) is 14.7 Å². The number of carbonyl (C=O) groups is 2. The van der Waals surface area contributed by atoms with Crippen LogP contribution in [0.3, 0.4) is 0 Å². The zero-order valence-electron chi connectivity index (χ0n) is 12.3. The molecule has 0 saturated carbocycles. The summed E-state index contributed by atoms with van der Waals surface area (Å²) in [4.78, 5) is 24.4. The zero-order chi connectivity index (χ0) is 15.8. The van der Waals surface area contributed by atoms with Crippen molar-refractivity contribution in [3.63, 3.8) is 0 Å². The largest absolute Gasteiger partial charge is 0.340 e. The number of nitrogens with zero attached hydrogens (tertiary/aromatic N) is 1. The molecule has 2 amide bonds. The van der Waals surface area contributed by atoms with Crippen molar-refractivity contribution >= 4 is 17.6 Å². The van der Waals surface area contributed by atoms with Crippen LogP contribution in [0.2, 0.25) is 0 Å². The number of aromatic nitrogens is 2. The maximum absolute atomic E-state index is 12.4. The average Bonchev–Trinajstić information content (AvgIpc) is 3.04. The van der Waals surface area contributed by atoms with Crippen LogP contribution in [0.15, 0.2) is 42.6 Å². The van der Waals surface area contributed by atoms with E-state index in [2.05, 4.69) is 26.1 Å². The molecule has 7 nitrogen and oxygen atoms in total. The number of nitrogens with one attached hydrogen (secondary N) is 4. The minimum absolute atomic E-state index is 0.192. The highest BCUT2D eigenvalue weighted by Crippen LogP contribution is 2.15. The van der Waals surface area contributed by atoms with Crippen LogP contribution < -0.4 is 16.0 Å². The molecule has 0 aliphatic rings. The maximum Gasteiger partial charge on any atom is 0.252 e. The molecule has 4 N–H and O–H groups in total. The van der Waals surface area contributed by atoms with Gasteiger partial charge in [-0.15, -0.1) is 0 Å². The predicted molar refractivity (Wildman–Crippen MR) is 83.1 cm³/mol. The summed E-state index contributed by atoms with van der Waals surface area (Å²) in [6.45, 7) is 0.551. The first-order valence-corrected chi connectivity index (χ1v) is 7.00. The van der Waals surface area contributed by atoms with Gasteiger partial charge in [0.25, 0.3) is 5.91 Å². The number of rotatable bonds is 7. The predicted octanol–water partition coefficient (Wildman–Crippen LogP) is 0.815. The lowest BCUT2D eigenvalue weighted by atomic mass is 10.1. The van der Waals surface area contributed by atoms with Crippen LogP contribution in [0.25, 0.3) is 0 Å². The minimum atomic E-state index is -0.756. The number of amides is 2. The third-order valence-electron chi connectivity index (χ3n) is 3.06. The molecule has 1 aromatic carbocycles. The number of hydrogen-bond acceptors (Lipinski definition) is 4. The van der Waals surface area contributed by atoms with Crippen LogP contribution >= 0.6 is 0 Å². The summed E-state index contributed by atoms with van der Waals surface area (Å²) in [6, 6.07) is 10.00. The Bertz CT molecular complexity index is 598. The number of benzene rings is 1. The molecule has 1 atom stereocenters. The Labute approximate surface area is 128 Å². The molecule has 22 heavy (non-hydrogen) atoms. The topological polar surface area (TPSA) is 98.9 Å². The van der Waals surface area contributed by atoms with Crippen LogP contribution in [0.5, 0.6) is 0 Å². The molecule has 0 aliphatic carbocycles. The molecule has 0 saturated heterocycles. The van der Waals surface area contributed by atoms with Crippen LogP contribution in [-0.2, 0) is 9.59 Å². The Hall–Kier alpha value is -2.67. The number of H-pyrrole nitrogens is 1. The molecular formula is C15H19N5O2. The minimum Gasteiger partial charge on any atom is -0.340 e. The lowest BCUT2D eigenvalue weighted by Crippen LogP contribution is -2.37. The van der Waals surface area contributed by atoms with Crippen molar-refractivity contribution in [2.45, 2.75) is 12.5 Å². The third-order valence-corrected chi connectivity index (χ3v) is 3.06. The third kappa shape index (κ3) is 4.42. The van der Waals surface area contributed by atoms with Gasteiger partial charge in [0.05, 0.1) is 6.20 Å². The highest BCUT2D eigenvalue weighted by atomic mass is 16.2. The zero-order valence-corrected chi connectivity index (χ0v) is 12.3. The van der Waals surface area contributed by atoms with Crippen LogP contribution in [0, 0.1) is 0 Å². The van der Waals surface area contributed by atoms with Gasteiger partial charge in [-0.1, -0.05) is 30.3 Å². The van der Waals surface area contributed by atoms with Gasteiger partial charge in [-0.25, -0.2) is 0 Å². The molecule has 1 aromatic heterocycles. The fourth-order valence-electron chi connectivity index (χ4n) is 1.95. The van der Waals surface area contributed by atoms with Crippen LogP contribution in [0.4, 0.5) is 5.82 Å². The van der Waals surface area contributed by atoms with E-state index in [0.717, 1.165) is 5.56 Å². The summed E-state index contributed by atoms with van der Waals surface area (Å²) in [6.07, 6.45) is 1.84. The number of hydrogen-bond donors (Lipinski definition) is 4. The molecule has 7 heteroatoms. The number of anilines is 1. The smallest absolute Gasteiger partial charge is 0.252 e. The van der Waals surface area contributed by atoms with Gasteiger partial charge in [-0.2, -0.15) is 5.10 Å². The van der Waals surface area contributed by atoms with E-state index >= 15 is 0 Å². The van der Waals surface area contributed by atoms with E-state index in [9.17, 15) is 9.59 Å². The molecule has 0 spiro atoms. The van der Waals surface area contributed by atoms with Crippen molar-refractivity contribution in [2.24, 2.45) is 0 Å². The van der Waals surface area contributed by atoms with Crippen molar-refractivity contribution in [1.82, 2.24) is 20.8 Å². The van der Waals surface area contributed by atoms with E-state index < -0.39 is 6.04 Å². The summed E-state index contributed by atoms with van der Waals surface area (Å²) in [5, 5.41) is 14.8. The molecule has 1 heterocycles. The van der Waals surface area contributed by atoms with E-state index in [1.165, 1.54) is 0 Å². The summed E-state index contributed by atoms with van der Waals surface area (Å²) >= 11 is 0. The fourth-order valence-corrected chi connectivity index (χ4v) is 1.95. The molecule has 0 aliphatic heterocycles.